The minimum Gasteiger partial charge on any atom is -0.496 e. The number of para-hydroxylation sites is 1. The molecule has 0 spiro atoms. The maximum Gasteiger partial charge on any atom is 0.133 e. The first kappa shape index (κ1) is 14.4. The molecular weight excluding hydrogens is 330 g/mol. The van der Waals surface area contributed by atoms with E-state index in [0.29, 0.717) is 6.61 Å². The Kier molecular flexibility index (Phi) is 3.91. The van der Waals surface area contributed by atoms with Crippen molar-refractivity contribution in [3.05, 3.63) is 58.1 Å². The normalized spacial score (nSPS) is 20.5. The van der Waals surface area contributed by atoms with Gasteiger partial charge in [-0.15, -0.1) is 0 Å². The van der Waals surface area contributed by atoms with Gasteiger partial charge in [0.15, 0.2) is 0 Å². The van der Waals surface area contributed by atoms with E-state index in [2.05, 4.69) is 34.1 Å². The minimum absolute atomic E-state index is 0.386. The van der Waals surface area contributed by atoms with Gasteiger partial charge in [-0.1, -0.05) is 24.3 Å². The summed E-state index contributed by atoms with van der Waals surface area (Å²) in [6.07, 6.45) is 1.59. The maximum atomic E-state index is 6.70. The zero-order chi connectivity index (χ0) is 14.9. The van der Waals surface area contributed by atoms with Crippen molar-refractivity contribution in [2.45, 2.75) is 18.4 Å². The molecule has 2 aromatic rings. The largest absolute Gasteiger partial charge is 0.496 e. The number of nitrogens with two attached hydrogens (primary N) is 1. The number of halogens is 1. The summed E-state index contributed by atoms with van der Waals surface area (Å²) < 4.78 is 11.9. The zero-order valence-electron chi connectivity index (χ0n) is 11.9. The molecule has 1 unspecified atom stereocenters. The van der Waals surface area contributed by atoms with Gasteiger partial charge in [0.1, 0.15) is 11.5 Å². The van der Waals surface area contributed by atoms with Crippen LogP contribution < -0.4 is 15.2 Å². The number of benzene rings is 2. The van der Waals surface area contributed by atoms with Gasteiger partial charge in [0.05, 0.1) is 23.7 Å². The van der Waals surface area contributed by atoms with E-state index in [9.17, 15) is 0 Å². The summed E-state index contributed by atoms with van der Waals surface area (Å²) in [5, 5.41) is 0. The molecule has 1 aliphatic rings. The summed E-state index contributed by atoms with van der Waals surface area (Å²) in [4.78, 5) is 0. The van der Waals surface area contributed by atoms with Crippen LogP contribution in [-0.2, 0) is 12.0 Å². The molecule has 4 heteroatoms. The average Bonchev–Trinajstić information content (AvgIpc) is 2.48. The van der Waals surface area contributed by atoms with E-state index in [0.717, 1.165) is 34.4 Å². The van der Waals surface area contributed by atoms with Crippen LogP contribution in [0, 0.1) is 0 Å². The molecule has 0 aromatic heterocycles. The van der Waals surface area contributed by atoms with E-state index in [1.165, 1.54) is 5.56 Å². The Morgan fingerprint density at radius 2 is 2.10 bits per heavy atom. The summed E-state index contributed by atoms with van der Waals surface area (Å²) in [5.41, 5.74) is 8.58. The lowest BCUT2D eigenvalue weighted by Gasteiger charge is -2.35. The van der Waals surface area contributed by atoms with Crippen molar-refractivity contribution in [3.63, 3.8) is 0 Å². The predicted molar refractivity (Wildman–Crippen MR) is 86.8 cm³/mol. The van der Waals surface area contributed by atoms with Crippen molar-refractivity contribution in [3.8, 4) is 11.5 Å². The molecule has 21 heavy (non-hydrogen) atoms. The first-order valence-corrected chi connectivity index (χ1v) is 7.75. The van der Waals surface area contributed by atoms with Crippen LogP contribution >= 0.6 is 15.9 Å². The number of fused-ring (bicyclic) bond motifs is 1. The third-order valence-corrected chi connectivity index (χ3v) is 4.58. The minimum atomic E-state index is -0.386. The van der Waals surface area contributed by atoms with Crippen LogP contribution in [0.4, 0.5) is 0 Å². The molecule has 2 aromatic carbocycles. The molecule has 1 heterocycles. The SMILES string of the molecule is COc1ccc(CC2(N)CCOc3ccccc32)cc1Br. The molecule has 3 rings (SSSR count). The molecule has 110 valence electrons. The summed E-state index contributed by atoms with van der Waals surface area (Å²) in [7, 11) is 1.67. The highest BCUT2D eigenvalue weighted by Crippen LogP contribution is 2.38. The summed E-state index contributed by atoms with van der Waals surface area (Å²) in [6.45, 7) is 0.658. The highest BCUT2D eigenvalue weighted by Gasteiger charge is 2.33. The molecule has 0 saturated carbocycles. The second-order valence-corrected chi connectivity index (χ2v) is 6.25. The summed E-state index contributed by atoms with van der Waals surface area (Å²) >= 11 is 3.53. The van der Waals surface area contributed by atoms with Gasteiger partial charge >= 0.3 is 0 Å². The fourth-order valence-corrected chi connectivity index (χ4v) is 3.44. The number of rotatable bonds is 3. The molecule has 3 nitrogen and oxygen atoms in total. The van der Waals surface area contributed by atoms with Gasteiger partial charge in [0.25, 0.3) is 0 Å². The summed E-state index contributed by atoms with van der Waals surface area (Å²) in [5.74, 6) is 1.73. The number of ether oxygens (including phenoxy) is 2. The fraction of sp³-hybridized carbons (Fsp3) is 0.294. The molecule has 2 N–H and O–H groups in total. The highest BCUT2D eigenvalue weighted by atomic mass is 79.9. The lowest BCUT2D eigenvalue weighted by Crippen LogP contribution is -2.43. The smallest absolute Gasteiger partial charge is 0.133 e. The zero-order valence-corrected chi connectivity index (χ0v) is 13.5. The molecule has 1 atom stereocenters. The Labute approximate surface area is 133 Å². The number of hydrogen-bond donors (Lipinski definition) is 1. The van der Waals surface area contributed by atoms with Crippen molar-refractivity contribution in [2.24, 2.45) is 5.73 Å². The first-order valence-electron chi connectivity index (χ1n) is 6.96. The molecule has 0 saturated heterocycles. The van der Waals surface area contributed by atoms with Gasteiger partial charge in [-0.2, -0.15) is 0 Å². The second kappa shape index (κ2) is 5.70. The van der Waals surface area contributed by atoms with Crippen molar-refractivity contribution in [1.82, 2.24) is 0 Å². The van der Waals surface area contributed by atoms with Crippen LogP contribution in [0.25, 0.3) is 0 Å². The summed E-state index contributed by atoms with van der Waals surface area (Å²) in [6, 6.07) is 14.1. The molecular formula is C17H18BrNO2. The van der Waals surface area contributed by atoms with E-state index in [4.69, 9.17) is 15.2 Å². The van der Waals surface area contributed by atoms with E-state index in [1.807, 2.05) is 24.3 Å². The highest BCUT2D eigenvalue weighted by molar-refractivity contribution is 9.10. The van der Waals surface area contributed by atoms with E-state index in [1.54, 1.807) is 7.11 Å². The lowest BCUT2D eigenvalue weighted by molar-refractivity contribution is 0.215. The monoisotopic (exact) mass is 347 g/mol. The fourth-order valence-electron chi connectivity index (χ4n) is 2.85. The first-order chi connectivity index (χ1) is 10.1. The van der Waals surface area contributed by atoms with Crippen LogP contribution in [0.1, 0.15) is 17.5 Å². The van der Waals surface area contributed by atoms with Crippen molar-refractivity contribution < 1.29 is 9.47 Å². The van der Waals surface area contributed by atoms with Crippen molar-refractivity contribution in [1.29, 1.82) is 0 Å². The van der Waals surface area contributed by atoms with E-state index in [-0.39, 0.29) is 5.54 Å². The van der Waals surface area contributed by atoms with E-state index < -0.39 is 0 Å². The van der Waals surface area contributed by atoms with Crippen LogP contribution in [-0.4, -0.2) is 13.7 Å². The van der Waals surface area contributed by atoms with Crippen molar-refractivity contribution in [2.75, 3.05) is 13.7 Å². The molecule has 0 aliphatic carbocycles. The molecule has 1 aliphatic heterocycles. The third-order valence-electron chi connectivity index (χ3n) is 3.96. The number of hydrogen-bond acceptors (Lipinski definition) is 3. The van der Waals surface area contributed by atoms with Gasteiger partial charge in [-0.3, -0.25) is 0 Å². The quantitative estimate of drug-likeness (QED) is 0.921. The van der Waals surface area contributed by atoms with Crippen molar-refractivity contribution >= 4 is 15.9 Å². The topological polar surface area (TPSA) is 44.5 Å². The van der Waals surface area contributed by atoms with Crippen LogP contribution in [0.2, 0.25) is 0 Å². The Bertz CT molecular complexity index is 659. The van der Waals surface area contributed by atoms with Gasteiger partial charge in [-0.25, -0.2) is 0 Å². The van der Waals surface area contributed by atoms with Crippen LogP contribution in [0.5, 0.6) is 11.5 Å². The maximum absolute atomic E-state index is 6.70. The second-order valence-electron chi connectivity index (χ2n) is 5.40. The Morgan fingerprint density at radius 1 is 1.29 bits per heavy atom. The van der Waals surface area contributed by atoms with Gasteiger partial charge < -0.3 is 15.2 Å². The standard InChI is InChI=1S/C17H18BrNO2/c1-20-16-7-6-12(10-14(16)18)11-17(19)8-9-21-15-5-3-2-4-13(15)17/h2-7,10H,8-9,11,19H2,1H3. The van der Waals surface area contributed by atoms with Gasteiger partial charge in [0, 0.05) is 12.0 Å². The molecule has 0 fully saturated rings. The van der Waals surface area contributed by atoms with Crippen LogP contribution in [0.3, 0.4) is 0 Å². The Morgan fingerprint density at radius 3 is 2.86 bits per heavy atom. The van der Waals surface area contributed by atoms with E-state index >= 15 is 0 Å². The Balaban J connectivity index is 1.92. The van der Waals surface area contributed by atoms with Crippen LogP contribution in [0.15, 0.2) is 46.9 Å². The molecule has 0 bridgehead atoms. The number of methoxy groups -OCH3 is 1. The third kappa shape index (κ3) is 2.78. The average molecular weight is 348 g/mol. The predicted octanol–water partition coefficient (Wildman–Crippen LogP) is 3.64. The lowest BCUT2D eigenvalue weighted by atomic mass is 9.80. The molecule has 0 radical (unpaired) electrons. The van der Waals surface area contributed by atoms with Gasteiger partial charge in [0.2, 0.25) is 0 Å². The Hall–Kier alpha value is -1.52. The molecule has 0 amide bonds. The van der Waals surface area contributed by atoms with Gasteiger partial charge in [-0.05, 0) is 46.1 Å².